The van der Waals surface area contributed by atoms with Gasteiger partial charge in [0.05, 0.1) is 55.0 Å². The fraction of sp³-hybridized carbons (Fsp3) is 0.642. The molecule has 3 aromatic carbocycles. The Morgan fingerprint density at radius 2 is 1.10 bits per heavy atom. The molecule has 38 heteroatoms. The number of hydrogen-bond acceptors (Lipinski definition) is 36. The Balaban J connectivity index is 0.000000487. The van der Waals surface area contributed by atoms with E-state index in [-0.39, 0.29) is 34.3 Å². The zero-order chi connectivity index (χ0) is 87.8. The predicted molar refractivity (Wildman–Crippen MR) is 407 cm³/mol. The second kappa shape index (κ2) is 40.3. The number of aliphatic hydroxyl groups is 10. The quantitative estimate of drug-likeness (QED) is 0.0227. The highest BCUT2D eigenvalue weighted by molar-refractivity contribution is 9.08. The molecule has 8 aliphatic rings. The number of Topliss-reactive ketones (excluding diaryl/α,β-unsaturated/α-hetero) is 2. The van der Waals surface area contributed by atoms with Gasteiger partial charge in [-0.15, -0.1) is 0 Å². The summed E-state index contributed by atoms with van der Waals surface area (Å²) >= 11 is 2.94. The van der Waals surface area contributed by atoms with Crippen molar-refractivity contribution in [1.29, 1.82) is 0 Å². The van der Waals surface area contributed by atoms with Crippen LogP contribution in [0.5, 0.6) is 0 Å². The SMILES string of the molecule is CBr.COC1OC(C(=O)OCC(=O)O[C@H](C(=O)O[C@@H]2C[C@]3(O)[C@H](OC(=O)c4ccccc4)[C@H]4[C@@]5(OC(C)=O)CO[C@H]5C[C@@H](O)[C@]4(C)C(=O)[C@@H](OC(C)=O)C(=C2C)C3(C)C)[C@H](NC(=O)c2ccccc2)c2ccccc2)[C@@H](O[C@@H]2OC(CO)C(O)[C@H](OC)C2C)C(O)C1O.COC1OC(C(C)=O)[C@@H](O[C@@H]2OC(CO)C(O)[C@H](OC)C2C)C(O)C1O. The van der Waals surface area contributed by atoms with Crippen molar-refractivity contribution in [1.82, 2.24) is 5.32 Å². The number of alkyl halides is 1. The number of nitrogens with one attached hydrogen (secondary N) is 1. The number of amides is 1. The van der Waals surface area contributed by atoms with E-state index in [0.717, 1.165) is 21.0 Å². The van der Waals surface area contributed by atoms with Gasteiger partial charge in [-0.3, -0.25) is 24.0 Å². The summed E-state index contributed by atoms with van der Waals surface area (Å²) < 4.78 is 97.4. The Hall–Kier alpha value is -7.33. The van der Waals surface area contributed by atoms with Gasteiger partial charge in [0, 0.05) is 77.9 Å². The third-order valence-electron chi connectivity index (χ3n) is 23.7. The maximum atomic E-state index is 15.9. The number of fused-ring (bicyclic) bond motifs is 5. The number of ether oxygens (including phenoxy) is 17. The van der Waals surface area contributed by atoms with Gasteiger partial charge in [0.25, 0.3) is 5.91 Å². The molecule has 2 saturated carbocycles. The summed E-state index contributed by atoms with van der Waals surface area (Å²) in [5.41, 5.74) is -8.58. The third kappa shape index (κ3) is 19.2. The summed E-state index contributed by atoms with van der Waals surface area (Å²) in [4.78, 5) is 128. The molecule has 660 valence electrons. The molecule has 31 atom stereocenters. The van der Waals surface area contributed by atoms with E-state index in [4.69, 9.17) is 80.5 Å². The summed E-state index contributed by atoms with van der Waals surface area (Å²) in [7, 11) is 5.07. The van der Waals surface area contributed by atoms with E-state index in [1.165, 1.54) is 92.3 Å². The molecule has 2 bridgehead atoms. The number of esters is 6. The number of aliphatic hydroxyl groups excluding tert-OH is 9. The summed E-state index contributed by atoms with van der Waals surface area (Å²) in [6, 6.07) is 21.3. The Morgan fingerprint density at radius 1 is 0.605 bits per heavy atom. The number of hydrogen-bond donors (Lipinski definition) is 11. The Labute approximate surface area is 694 Å². The molecule has 37 nitrogen and oxygen atoms in total. The zero-order valence-electron chi connectivity index (χ0n) is 68.0. The lowest BCUT2D eigenvalue weighted by Gasteiger charge is -2.67. The van der Waals surface area contributed by atoms with Crippen molar-refractivity contribution >= 4 is 69.2 Å². The van der Waals surface area contributed by atoms with Crippen molar-refractivity contribution in [2.24, 2.45) is 28.6 Å². The van der Waals surface area contributed by atoms with Gasteiger partial charge in [0.1, 0.15) is 97.1 Å². The molecule has 14 unspecified atom stereocenters. The summed E-state index contributed by atoms with van der Waals surface area (Å²) in [5.74, 6) is -10.7. The van der Waals surface area contributed by atoms with Crippen molar-refractivity contribution in [3.8, 4) is 0 Å². The fourth-order valence-electron chi connectivity index (χ4n) is 17.3. The van der Waals surface area contributed by atoms with Crippen LogP contribution in [0.3, 0.4) is 0 Å². The van der Waals surface area contributed by atoms with E-state index in [1.54, 1.807) is 68.4 Å². The molecule has 3 aromatic rings. The number of rotatable bonds is 25. The molecule has 119 heavy (non-hydrogen) atoms. The summed E-state index contributed by atoms with van der Waals surface area (Å²) in [5, 5.41) is 112. The largest absolute Gasteiger partial charge is 0.455 e. The van der Waals surface area contributed by atoms with Crippen LogP contribution in [0.1, 0.15) is 107 Å². The first-order valence-corrected chi connectivity index (χ1v) is 40.0. The molecular weight excluding hydrogens is 1640 g/mol. The maximum Gasteiger partial charge on any atom is 0.350 e. The van der Waals surface area contributed by atoms with Gasteiger partial charge in [-0.25, -0.2) is 19.2 Å². The third-order valence-corrected chi connectivity index (χ3v) is 23.7. The molecule has 11 N–H and O–H groups in total. The topological polar surface area (TPSA) is 525 Å². The highest BCUT2D eigenvalue weighted by atomic mass is 79.9. The van der Waals surface area contributed by atoms with E-state index in [2.05, 4.69) is 21.2 Å². The molecule has 7 fully saturated rings. The van der Waals surface area contributed by atoms with Crippen LogP contribution >= 0.6 is 15.9 Å². The molecule has 5 saturated heterocycles. The number of methoxy groups -OCH3 is 4. The van der Waals surface area contributed by atoms with Crippen LogP contribution in [-0.2, 0) is 114 Å². The Morgan fingerprint density at radius 3 is 1.56 bits per heavy atom. The number of carbonyl (C=O) groups is 9. The normalized spacial score (nSPS) is 37.5. The Bertz CT molecular complexity index is 4030. The minimum atomic E-state index is -2.62. The number of halogens is 1. The molecule has 0 aromatic heterocycles. The highest BCUT2D eigenvalue weighted by Crippen LogP contribution is 2.65. The van der Waals surface area contributed by atoms with Crippen molar-refractivity contribution < 1.29 is 175 Å². The van der Waals surface area contributed by atoms with Gasteiger partial charge >= 0.3 is 35.8 Å². The van der Waals surface area contributed by atoms with E-state index in [1.807, 2.05) is 5.83 Å². The average Bonchev–Trinajstić information content (AvgIpc) is 0.667. The van der Waals surface area contributed by atoms with Crippen LogP contribution in [0, 0.1) is 28.6 Å². The molecule has 0 radical (unpaired) electrons. The van der Waals surface area contributed by atoms with Crippen LogP contribution in [0.2, 0.25) is 0 Å². The zero-order valence-corrected chi connectivity index (χ0v) is 69.6. The molecule has 5 aliphatic heterocycles. The second-order valence-corrected chi connectivity index (χ2v) is 31.1. The molecule has 0 spiro atoms. The Kier molecular flexibility index (Phi) is 32.4. The summed E-state index contributed by atoms with van der Waals surface area (Å²) in [6.07, 6.45) is -36.7. The van der Waals surface area contributed by atoms with Crippen LogP contribution in [0.4, 0.5) is 0 Å². The van der Waals surface area contributed by atoms with E-state index >= 15 is 9.59 Å². The maximum absolute atomic E-state index is 15.9. The summed E-state index contributed by atoms with van der Waals surface area (Å²) in [6.45, 7) is 9.38. The standard InChI is InChI=1S/C64H77NO26.C16H28O10.CH3Br/c1-30-37(26-64(79)54(90-56(76)36-23-17-12-18-24-36)52-62(7,39(69)25-40-63(52,29-83-40)91-33(4)68)53(74)48(84-32(3)67)42(30)61(64,5)6)85-58(78)49(43(34-19-13-10-14-20-34)65-55(75)35-21-15-11-16-22-35)87-41(70)28-82-57(77)51-50(45(72)46(73)60(81-9)89-51)88-59-31(2)47(80-8)44(71)38(27-66)86-59;1-6-12(22-3)9(19)8(5-17)24-15(6)26-14-10(20)11(21)16(23-4)25-13(14)7(2)18;1-2/h10-24,31,37-40,43-52,54,59-60,66,69,71-73,79H,25-29H2,1-9H3,(H,65,75);6,8-17,19-21H,5H2,1-4H3;1H3/t31?,37-,38?,39-,40+,43-,44?,45?,46?,47-,48+,49+,50+,51?,52-,54-,59+,60?,62+,63-,64+;6?,8?,9?,10?,11?,12-,13?,14+,15+,16?;/m11./s1. The van der Waals surface area contributed by atoms with Gasteiger partial charge in [-0.2, -0.15) is 0 Å². The van der Waals surface area contributed by atoms with Gasteiger partial charge in [0.2, 0.25) is 6.10 Å². The van der Waals surface area contributed by atoms with Crippen LogP contribution < -0.4 is 5.32 Å². The minimum absolute atomic E-state index is 0.00834. The van der Waals surface area contributed by atoms with E-state index in [0.29, 0.717) is 0 Å². The lowest BCUT2D eigenvalue weighted by Crippen LogP contribution is -2.82. The second-order valence-electron chi connectivity index (χ2n) is 31.1. The van der Waals surface area contributed by atoms with Crippen LogP contribution in [0.25, 0.3) is 0 Å². The van der Waals surface area contributed by atoms with Crippen LogP contribution in [0.15, 0.2) is 102 Å². The van der Waals surface area contributed by atoms with E-state index in [9.17, 15) is 84.6 Å². The molecule has 3 aliphatic carbocycles. The molecule has 1 amide bonds. The van der Waals surface area contributed by atoms with Crippen molar-refractivity contribution in [3.05, 3.63) is 119 Å². The van der Waals surface area contributed by atoms with Gasteiger partial charge in [-0.05, 0) is 67.6 Å². The number of carbonyl (C=O) groups excluding carboxylic acids is 9. The number of benzene rings is 3. The van der Waals surface area contributed by atoms with E-state index < -0.39 is 279 Å². The highest BCUT2D eigenvalue weighted by Gasteiger charge is 2.79. The smallest absolute Gasteiger partial charge is 0.350 e. The van der Waals surface area contributed by atoms with Gasteiger partial charge in [-0.1, -0.05) is 110 Å². The lowest BCUT2D eigenvalue weighted by atomic mass is 9.44. The molecule has 11 rings (SSSR count). The van der Waals surface area contributed by atoms with Gasteiger partial charge < -0.3 is 137 Å². The first kappa shape index (κ1) is 95.5. The number of ketones is 2. The van der Waals surface area contributed by atoms with Crippen molar-refractivity contribution in [2.45, 2.75) is 240 Å². The van der Waals surface area contributed by atoms with Crippen molar-refractivity contribution in [3.63, 3.8) is 0 Å². The first-order chi connectivity index (χ1) is 56.3. The lowest BCUT2D eigenvalue weighted by molar-refractivity contribution is -0.346. The first-order valence-electron chi connectivity index (χ1n) is 38.5. The fourth-order valence-corrected chi connectivity index (χ4v) is 17.3. The van der Waals surface area contributed by atoms with Crippen molar-refractivity contribution in [2.75, 3.05) is 60.7 Å². The van der Waals surface area contributed by atoms with Gasteiger partial charge in [0.15, 0.2) is 61.1 Å². The monoisotopic (exact) mass is 1750 g/mol. The van der Waals surface area contributed by atoms with Crippen LogP contribution in [-0.4, -0.2) is 323 Å². The molecular formula is C81H108BrNO36. The minimum Gasteiger partial charge on any atom is -0.455 e. The average molecular weight is 1750 g/mol. The molecule has 5 heterocycles. The predicted octanol–water partition coefficient (Wildman–Crippen LogP) is -0.169.